The van der Waals surface area contributed by atoms with E-state index in [1.165, 1.54) is 26.0 Å². The molecule has 4 N–H and O–H groups in total. The molecule has 3 aliphatic heterocycles. The number of hydrogen-bond acceptors (Lipinski definition) is 16. The van der Waals surface area contributed by atoms with Gasteiger partial charge in [-0.3, -0.25) is 19.2 Å². The average molecular weight is 687 g/mol. The number of aliphatic hydroxyl groups excluding tert-OH is 1. The lowest BCUT2D eigenvalue weighted by molar-refractivity contribution is -0.276. The lowest BCUT2D eigenvalue weighted by Gasteiger charge is -2.44. The Balaban J connectivity index is 1.65. The van der Waals surface area contributed by atoms with E-state index in [2.05, 4.69) is 4.74 Å². The number of phenolic OH excluding ortho intramolecular Hbond substituents is 2. The van der Waals surface area contributed by atoms with Crippen molar-refractivity contribution in [3.8, 4) is 34.1 Å². The number of ketones is 2. The largest absolute Gasteiger partial charge is 0.507 e. The number of ether oxygens (including phenoxy) is 6. The third-order valence-electron chi connectivity index (χ3n) is 9.29. The van der Waals surface area contributed by atoms with E-state index in [-0.39, 0.29) is 24.0 Å². The van der Waals surface area contributed by atoms with Crippen LogP contribution in [0.2, 0.25) is 0 Å². The number of aliphatic hydroxyl groups is 2. The maximum absolute atomic E-state index is 13.8. The van der Waals surface area contributed by atoms with E-state index in [1.54, 1.807) is 0 Å². The van der Waals surface area contributed by atoms with Crippen LogP contribution >= 0.6 is 0 Å². The molecule has 0 radical (unpaired) electrons. The second kappa shape index (κ2) is 12.3. The summed E-state index contributed by atoms with van der Waals surface area (Å²) in [6, 6.07) is 4.69. The minimum Gasteiger partial charge on any atom is -0.507 e. The normalized spacial score (nSPS) is 27.0. The van der Waals surface area contributed by atoms with Crippen molar-refractivity contribution in [2.24, 2.45) is 11.8 Å². The number of carbonyl (C=O) groups is 6. The molecular weight excluding hydrogens is 652 g/mol. The number of benzene rings is 2. The number of cyclic esters (lactones) is 1. The maximum Gasteiger partial charge on any atom is 0.357 e. The molecule has 6 atom stereocenters. The van der Waals surface area contributed by atoms with Gasteiger partial charge in [0.2, 0.25) is 5.60 Å². The highest BCUT2D eigenvalue weighted by Crippen LogP contribution is 2.53. The Bertz CT molecular complexity index is 1780. The molecule has 3 heterocycles. The van der Waals surface area contributed by atoms with Crippen molar-refractivity contribution in [3.63, 3.8) is 0 Å². The monoisotopic (exact) mass is 686 g/mol. The second-order valence-electron chi connectivity index (χ2n) is 12.3. The molecule has 5 rings (SSSR count). The highest BCUT2D eigenvalue weighted by molar-refractivity contribution is 6.10. The quantitative estimate of drug-likeness (QED) is 0.226. The van der Waals surface area contributed by atoms with E-state index in [0.717, 1.165) is 33.5 Å². The van der Waals surface area contributed by atoms with Gasteiger partial charge < -0.3 is 48.8 Å². The highest BCUT2D eigenvalue weighted by atomic mass is 16.7. The zero-order chi connectivity index (χ0) is 36.2. The summed E-state index contributed by atoms with van der Waals surface area (Å²) in [5.41, 5.74) is -6.15. The minimum absolute atomic E-state index is 0.128. The van der Waals surface area contributed by atoms with Crippen molar-refractivity contribution < 1.29 is 77.6 Å². The lowest BCUT2D eigenvalue weighted by Crippen LogP contribution is -2.67. The first-order valence-electron chi connectivity index (χ1n) is 15.0. The molecule has 1 saturated heterocycles. The summed E-state index contributed by atoms with van der Waals surface area (Å²) in [4.78, 5) is 77.8. The topological polar surface area (TPSA) is 239 Å². The van der Waals surface area contributed by atoms with E-state index < -0.39 is 117 Å². The van der Waals surface area contributed by atoms with E-state index in [0.29, 0.717) is 0 Å². The summed E-state index contributed by atoms with van der Waals surface area (Å²) in [6.45, 7) is 2.83. The van der Waals surface area contributed by atoms with Gasteiger partial charge in [-0.15, -0.1) is 0 Å². The fourth-order valence-electron chi connectivity index (χ4n) is 6.69. The van der Waals surface area contributed by atoms with Crippen LogP contribution in [-0.4, -0.2) is 100 Å². The molecule has 262 valence electrons. The van der Waals surface area contributed by atoms with E-state index in [1.807, 2.05) is 0 Å². The predicted octanol–water partition coefficient (Wildman–Crippen LogP) is 1.35. The van der Waals surface area contributed by atoms with Gasteiger partial charge in [-0.25, -0.2) is 9.59 Å². The number of fused-ring (bicyclic) bond motifs is 2. The fraction of sp³-hybridized carbons (Fsp3) is 0.455. The Labute approximate surface area is 278 Å². The number of esters is 4. The number of carbonyl (C=O) groups excluding carboxylic acids is 6. The van der Waals surface area contributed by atoms with Crippen molar-refractivity contribution >= 4 is 35.4 Å². The number of Topliss-reactive ketones (excluding diaryl/α,β-unsaturated/α-hetero) is 2. The smallest absolute Gasteiger partial charge is 0.357 e. The molecule has 3 aliphatic rings. The van der Waals surface area contributed by atoms with E-state index in [9.17, 15) is 49.2 Å². The van der Waals surface area contributed by atoms with Gasteiger partial charge in [0.25, 0.3) is 11.4 Å². The third kappa shape index (κ3) is 5.22. The minimum atomic E-state index is -2.62. The van der Waals surface area contributed by atoms with Crippen molar-refractivity contribution in [3.05, 3.63) is 35.4 Å². The maximum atomic E-state index is 13.8. The molecule has 2 aromatic rings. The molecule has 49 heavy (non-hydrogen) atoms. The van der Waals surface area contributed by atoms with E-state index >= 15 is 0 Å². The van der Waals surface area contributed by atoms with Gasteiger partial charge >= 0.3 is 23.9 Å². The fourth-order valence-corrected chi connectivity index (χ4v) is 6.69. The van der Waals surface area contributed by atoms with Crippen molar-refractivity contribution in [2.75, 3.05) is 21.3 Å². The van der Waals surface area contributed by atoms with Crippen LogP contribution in [-0.2, 0) is 38.1 Å². The first kappa shape index (κ1) is 35.1. The van der Waals surface area contributed by atoms with Gasteiger partial charge in [0.05, 0.1) is 47.0 Å². The highest BCUT2D eigenvalue weighted by Gasteiger charge is 2.70. The Morgan fingerprint density at radius 3 is 2.10 bits per heavy atom. The van der Waals surface area contributed by atoms with Crippen LogP contribution < -0.4 is 9.47 Å². The Kier molecular flexibility index (Phi) is 8.84. The SMILES string of the molecule is COC(=O)C[C@H](C)[C@@H](O)[C@]1(C(=O)OC)CC(=O)c2c(O)ccc(-c3ccc4c(c3O)C(=O)C[C@](C(=O)OC)([C@@]3(O)OC(=O)C[C@@H]3C)O4)c2O1. The van der Waals surface area contributed by atoms with Crippen LogP contribution in [0.5, 0.6) is 23.0 Å². The van der Waals surface area contributed by atoms with Crippen LogP contribution in [0.15, 0.2) is 24.3 Å². The number of rotatable bonds is 8. The molecule has 0 spiro atoms. The van der Waals surface area contributed by atoms with Crippen LogP contribution in [0.3, 0.4) is 0 Å². The third-order valence-corrected chi connectivity index (χ3v) is 9.29. The molecule has 1 fully saturated rings. The van der Waals surface area contributed by atoms with Crippen LogP contribution in [0, 0.1) is 11.8 Å². The molecular formula is C33H34O16. The number of methoxy groups -OCH3 is 3. The van der Waals surface area contributed by atoms with Crippen molar-refractivity contribution in [2.45, 2.75) is 62.6 Å². The summed E-state index contributed by atoms with van der Waals surface area (Å²) in [5, 5.41) is 45.0. The molecule has 0 aromatic heterocycles. The van der Waals surface area contributed by atoms with E-state index in [4.69, 9.17) is 23.7 Å². The number of phenols is 2. The lowest BCUT2D eigenvalue weighted by atomic mass is 9.77. The van der Waals surface area contributed by atoms with Gasteiger partial charge in [-0.2, -0.15) is 0 Å². The summed E-state index contributed by atoms with van der Waals surface area (Å²) < 4.78 is 31.5. The zero-order valence-corrected chi connectivity index (χ0v) is 27.1. The molecule has 0 aliphatic carbocycles. The Morgan fingerprint density at radius 1 is 0.878 bits per heavy atom. The van der Waals surface area contributed by atoms with Crippen LogP contribution in [0.25, 0.3) is 11.1 Å². The standard InChI is InChI=1S/C33H34O16/c1-14(10-22(37)44-3)28(40)31(29(41)45-4)12-19(35)24-18(34)8-6-17(27(24)49-31)16-7-9-21-25(26(16)39)20(36)13-32(47-21,30(42)46-5)33(43)15(2)11-23(38)48-33/h6-9,14-15,28,34,39-40,43H,10-13H2,1-5H3/t14-,15-,28+,31-,32-,33-/m0/s1. The molecule has 16 heteroatoms. The van der Waals surface area contributed by atoms with Crippen molar-refractivity contribution in [1.29, 1.82) is 0 Å². The summed E-state index contributed by atoms with van der Waals surface area (Å²) in [7, 11) is 3.11. The molecule has 0 bridgehead atoms. The van der Waals surface area contributed by atoms with Gasteiger partial charge in [0.15, 0.2) is 11.6 Å². The summed E-state index contributed by atoms with van der Waals surface area (Å²) in [6.07, 6.45) is -4.24. The predicted molar refractivity (Wildman–Crippen MR) is 160 cm³/mol. The number of hydrogen-bond donors (Lipinski definition) is 4. The van der Waals surface area contributed by atoms with Crippen LogP contribution in [0.1, 0.15) is 60.2 Å². The summed E-state index contributed by atoms with van der Waals surface area (Å²) >= 11 is 0. The second-order valence-corrected chi connectivity index (χ2v) is 12.3. The van der Waals surface area contributed by atoms with Gasteiger partial charge in [-0.1, -0.05) is 13.8 Å². The molecule has 0 saturated carbocycles. The van der Waals surface area contributed by atoms with Gasteiger partial charge in [0.1, 0.15) is 40.2 Å². The van der Waals surface area contributed by atoms with Crippen LogP contribution in [0.4, 0.5) is 0 Å². The molecule has 0 amide bonds. The first-order chi connectivity index (χ1) is 23.0. The average Bonchev–Trinajstić information content (AvgIpc) is 3.34. The van der Waals surface area contributed by atoms with Crippen molar-refractivity contribution in [1.82, 2.24) is 0 Å². The molecule has 16 nitrogen and oxygen atoms in total. The zero-order valence-electron chi connectivity index (χ0n) is 27.1. The van der Waals surface area contributed by atoms with Gasteiger partial charge in [-0.05, 0) is 30.2 Å². The Morgan fingerprint density at radius 2 is 1.51 bits per heavy atom. The molecule has 0 unspecified atom stereocenters. The molecule has 2 aromatic carbocycles. The first-order valence-corrected chi connectivity index (χ1v) is 15.0. The van der Waals surface area contributed by atoms with Gasteiger partial charge in [0, 0.05) is 17.0 Å². The Hall–Kier alpha value is -5.22. The number of aromatic hydroxyl groups is 2. The summed E-state index contributed by atoms with van der Waals surface area (Å²) in [5.74, 6) is -12.6.